The lowest BCUT2D eigenvalue weighted by Gasteiger charge is -2.23. The number of aliphatic imine (C=N–C) groups is 1. The highest BCUT2D eigenvalue weighted by Gasteiger charge is 2.40. The SMILES string of the molecule is Cc1ccc2c(C3C(=NCCCc4ccccc4)NC(=O)N3c3ccc4[nH]cnc4c3)c[nH]c2c1. The second kappa shape index (κ2) is 8.76. The Morgan fingerprint density at radius 2 is 1.89 bits per heavy atom. The number of H-pyrrole nitrogens is 2. The summed E-state index contributed by atoms with van der Waals surface area (Å²) in [6.45, 7) is 2.71. The summed E-state index contributed by atoms with van der Waals surface area (Å²) in [5, 5.41) is 4.14. The monoisotopic (exact) mass is 462 g/mol. The van der Waals surface area contributed by atoms with Crippen molar-refractivity contribution in [3.63, 3.8) is 0 Å². The summed E-state index contributed by atoms with van der Waals surface area (Å²) in [4.78, 5) is 30.9. The van der Waals surface area contributed by atoms with Crippen molar-refractivity contribution in [3.05, 3.63) is 95.9 Å². The molecule has 1 aliphatic heterocycles. The zero-order valence-corrected chi connectivity index (χ0v) is 19.5. The summed E-state index contributed by atoms with van der Waals surface area (Å²) in [7, 11) is 0. The molecule has 7 heteroatoms. The summed E-state index contributed by atoms with van der Waals surface area (Å²) < 4.78 is 0. The average Bonchev–Trinajstić information content (AvgIpc) is 3.58. The predicted octanol–water partition coefficient (Wildman–Crippen LogP) is 5.65. The number of rotatable bonds is 6. The molecule has 0 saturated carbocycles. The zero-order chi connectivity index (χ0) is 23.8. The van der Waals surface area contributed by atoms with E-state index in [-0.39, 0.29) is 12.1 Å². The maximum atomic E-state index is 13.3. The third kappa shape index (κ3) is 3.95. The number of imidazole rings is 1. The van der Waals surface area contributed by atoms with E-state index in [0.717, 1.165) is 46.0 Å². The molecule has 174 valence electrons. The minimum Gasteiger partial charge on any atom is -0.361 e. The lowest BCUT2D eigenvalue weighted by atomic mass is 10.0. The molecule has 6 rings (SSSR count). The van der Waals surface area contributed by atoms with E-state index in [9.17, 15) is 4.79 Å². The summed E-state index contributed by atoms with van der Waals surface area (Å²) in [6, 6.07) is 22.0. The van der Waals surface area contributed by atoms with Crippen molar-refractivity contribution in [2.45, 2.75) is 25.8 Å². The van der Waals surface area contributed by atoms with Crippen LogP contribution in [0.1, 0.15) is 29.2 Å². The first kappa shape index (κ1) is 21.2. The molecule has 1 unspecified atom stereocenters. The Labute approximate surface area is 202 Å². The van der Waals surface area contributed by atoms with Gasteiger partial charge in [0.15, 0.2) is 0 Å². The van der Waals surface area contributed by atoms with Crippen LogP contribution < -0.4 is 10.2 Å². The summed E-state index contributed by atoms with van der Waals surface area (Å²) in [5.74, 6) is 0.673. The molecule has 1 fully saturated rings. The van der Waals surface area contributed by atoms with Crippen LogP contribution in [0.4, 0.5) is 10.5 Å². The molecule has 7 nitrogen and oxygen atoms in total. The van der Waals surface area contributed by atoms with Crippen LogP contribution in [-0.2, 0) is 6.42 Å². The van der Waals surface area contributed by atoms with Gasteiger partial charge in [-0.15, -0.1) is 0 Å². The smallest absolute Gasteiger partial charge is 0.328 e. The van der Waals surface area contributed by atoms with E-state index in [1.165, 1.54) is 11.1 Å². The Morgan fingerprint density at radius 1 is 1.00 bits per heavy atom. The Balaban J connectivity index is 1.37. The number of amides is 2. The molecule has 3 heterocycles. The van der Waals surface area contributed by atoms with E-state index >= 15 is 0 Å². The number of anilines is 1. The maximum Gasteiger partial charge on any atom is 0.328 e. The number of hydrogen-bond acceptors (Lipinski definition) is 3. The Morgan fingerprint density at radius 3 is 2.77 bits per heavy atom. The number of nitrogens with one attached hydrogen (secondary N) is 3. The molecule has 5 aromatic rings. The molecule has 0 bridgehead atoms. The van der Waals surface area contributed by atoms with Gasteiger partial charge in [-0.3, -0.25) is 15.2 Å². The number of aryl methyl sites for hydroxylation is 2. The van der Waals surface area contributed by atoms with E-state index in [1.807, 2.05) is 30.5 Å². The first-order valence-corrected chi connectivity index (χ1v) is 11.9. The minimum absolute atomic E-state index is 0.187. The van der Waals surface area contributed by atoms with Gasteiger partial charge in [-0.2, -0.15) is 0 Å². The average molecular weight is 463 g/mol. The van der Waals surface area contributed by atoms with E-state index in [2.05, 4.69) is 69.7 Å². The number of urea groups is 1. The van der Waals surface area contributed by atoms with E-state index < -0.39 is 0 Å². The second-order valence-corrected chi connectivity index (χ2v) is 8.96. The number of fused-ring (bicyclic) bond motifs is 2. The molecule has 1 aliphatic rings. The van der Waals surface area contributed by atoms with Crippen LogP contribution in [0.25, 0.3) is 21.9 Å². The van der Waals surface area contributed by atoms with Gasteiger partial charge >= 0.3 is 6.03 Å². The van der Waals surface area contributed by atoms with Crippen molar-refractivity contribution >= 4 is 39.5 Å². The second-order valence-electron chi connectivity index (χ2n) is 8.96. The van der Waals surface area contributed by atoms with Crippen LogP contribution >= 0.6 is 0 Å². The third-order valence-corrected chi connectivity index (χ3v) is 6.57. The van der Waals surface area contributed by atoms with E-state index in [1.54, 1.807) is 11.2 Å². The van der Waals surface area contributed by atoms with Gasteiger partial charge in [0.1, 0.15) is 11.9 Å². The molecule has 1 atom stereocenters. The molecule has 0 radical (unpaired) electrons. The van der Waals surface area contributed by atoms with Crippen molar-refractivity contribution in [1.82, 2.24) is 20.3 Å². The molecular weight excluding hydrogens is 436 g/mol. The van der Waals surface area contributed by atoms with Crippen molar-refractivity contribution in [2.75, 3.05) is 11.4 Å². The molecule has 1 saturated heterocycles. The number of aromatic amines is 2. The first-order valence-electron chi connectivity index (χ1n) is 11.9. The fraction of sp³-hybridized carbons (Fsp3) is 0.179. The standard InChI is InChI=1S/C28H26N6O/c1-18-9-11-21-22(16-30-24(21)14-18)26-27(29-13-5-8-19-6-3-2-4-7-19)33-28(35)34(26)20-10-12-23-25(15-20)32-17-31-23/h2-4,6-7,9-12,14-17,26,30H,5,8,13H2,1H3,(H,31,32)(H,29,33,35). The van der Waals surface area contributed by atoms with Gasteiger partial charge in [0.05, 0.1) is 17.4 Å². The molecule has 0 aliphatic carbocycles. The van der Waals surface area contributed by atoms with Crippen molar-refractivity contribution in [1.29, 1.82) is 0 Å². The fourth-order valence-electron chi connectivity index (χ4n) is 4.84. The van der Waals surface area contributed by atoms with Crippen LogP contribution in [0.2, 0.25) is 0 Å². The van der Waals surface area contributed by atoms with Crippen LogP contribution in [0.5, 0.6) is 0 Å². The predicted molar refractivity (Wildman–Crippen MR) is 140 cm³/mol. The molecular formula is C28H26N6O. The van der Waals surface area contributed by atoms with Gasteiger partial charge in [-0.25, -0.2) is 9.78 Å². The first-order chi connectivity index (χ1) is 17.2. The van der Waals surface area contributed by atoms with Gasteiger partial charge in [0, 0.05) is 34.9 Å². The van der Waals surface area contributed by atoms with Crippen LogP contribution in [0.3, 0.4) is 0 Å². The third-order valence-electron chi connectivity index (χ3n) is 6.57. The number of nitrogens with zero attached hydrogens (tertiary/aromatic N) is 3. The number of hydrogen-bond donors (Lipinski definition) is 3. The van der Waals surface area contributed by atoms with Crippen molar-refractivity contribution in [2.24, 2.45) is 4.99 Å². The molecule has 3 N–H and O–H groups in total. The van der Waals surface area contributed by atoms with Gasteiger partial charge < -0.3 is 9.97 Å². The highest BCUT2D eigenvalue weighted by molar-refractivity contribution is 6.18. The zero-order valence-electron chi connectivity index (χ0n) is 19.5. The number of benzene rings is 3. The maximum absolute atomic E-state index is 13.3. The highest BCUT2D eigenvalue weighted by atomic mass is 16.2. The normalized spacial score (nSPS) is 17.1. The van der Waals surface area contributed by atoms with Crippen LogP contribution in [0, 0.1) is 6.92 Å². The molecule has 2 amide bonds. The van der Waals surface area contributed by atoms with E-state index in [4.69, 9.17) is 4.99 Å². The number of aromatic nitrogens is 3. The Hall–Kier alpha value is -4.39. The largest absolute Gasteiger partial charge is 0.361 e. The summed E-state index contributed by atoms with van der Waals surface area (Å²) >= 11 is 0. The summed E-state index contributed by atoms with van der Waals surface area (Å²) in [5.41, 5.74) is 7.07. The van der Waals surface area contributed by atoms with Gasteiger partial charge in [-0.05, 0) is 55.2 Å². The van der Waals surface area contributed by atoms with Crippen LogP contribution in [-0.4, -0.2) is 33.4 Å². The van der Waals surface area contributed by atoms with Crippen molar-refractivity contribution < 1.29 is 4.79 Å². The molecule has 3 aromatic carbocycles. The fourth-order valence-corrected chi connectivity index (χ4v) is 4.84. The van der Waals surface area contributed by atoms with Crippen molar-refractivity contribution in [3.8, 4) is 0 Å². The van der Waals surface area contributed by atoms with Crippen LogP contribution in [0.15, 0.2) is 84.2 Å². The Kier molecular flexibility index (Phi) is 5.29. The molecule has 35 heavy (non-hydrogen) atoms. The number of amidine groups is 1. The highest BCUT2D eigenvalue weighted by Crippen LogP contribution is 2.36. The quantitative estimate of drug-likeness (QED) is 0.285. The Bertz CT molecular complexity index is 1550. The molecule has 2 aromatic heterocycles. The lowest BCUT2D eigenvalue weighted by molar-refractivity contribution is 0.252. The van der Waals surface area contributed by atoms with Gasteiger partial charge in [0.25, 0.3) is 0 Å². The lowest BCUT2D eigenvalue weighted by Crippen LogP contribution is -2.29. The van der Waals surface area contributed by atoms with E-state index in [0.29, 0.717) is 12.4 Å². The van der Waals surface area contributed by atoms with Gasteiger partial charge in [0.2, 0.25) is 0 Å². The summed E-state index contributed by atoms with van der Waals surface area (Å²) in [6.07, 6.45) is 5.51. The number of carbonyl (C=O) groups excluding carboxylic acids is 1. The minimum atomic E-state index is -0.355. The topological polar surface area (TPSA) is 89.2 Å². The van der Waals surface area contributed by atoms with Gasteiger partial charge in [-0.1, -0.05) is 42.5 Å². The molecule has 0 spiro atoms. The number of carbonyl (C=O) groups is 1.